The Morgan fingerprint density at radius 3 is 2.32 bits per heavy atom. The van der Waals surface area contributed by atoms with Crippen molar-refractivity contribution in [2.24, 2.45) is 0 Å². The number of nitrogens with one attached hydrogen (secondary N) is 1. The van der Waals surface area contributed by atoms with Crippen LogP contribution in [0.3, 0.4) is 0 Å². The molecule has 0 bridgehead atoms. The van der Waals surface area contributed by atoms with Gasteiger partial charge in [0, 0.05) is 13.1 Å². The second kappa shape index (κ2) is 6.71. The molecule has 1 aromatic carbocycles. The molecule has 0 fully saturated rings. The van der Waals surface area contributed by atoms with Crippen LogP contribution in [0.1, 0.15) is 0 Å². The molecule has 0 spiro atoms. The van der Waals surface area contributed by atoms with E-state index in [0.29, 0.717) is 11.4 Å². The summed E-state index contributed by atoms with van der Waals surface area (Å²) in [4.78, 5) is 1.71. The predicted molar refractivity (Wildman–Crippen MR) is 73.5 cm³/mol. The second-order valence-corrected chi connectivity index (χ2v) is 5.75. The fraction of sp³-hybridized carbons (Fsp3) is 0.455. The zero-order valence-corrected chi connectivity index (χ0v) is 11.5. The summed E-state index contributed by atoms with van der Waals surface area (Å²) in [6.07, 6.45) is 0. The van der Waals surface area contributed by atoms with Crippen LogP contribution >= 0.6 is 0 Å². The van der Waals surface area contributed by atoms with Gasteiger partial charge in [-0.05, 0) is 25.2 Å². The molecule has 0 heterocycles. The largest absolute Gasteiger partial charge is 0.397 e. The number of sulfonamides is 1. The fourth-order valence-electron chi connectivity index (χ4n) is 1.68. The molecule has 0 amide bonds. The van der Waals surface area contributed by atoms with Crippen molar-refractivity contribution in [3.05, 3.63) is 18.2 Å². The zero-order valence-electron chi connectivity index (χ0n) is 10.7. The molecule has 19 heavy (non-hydrogen) atoms. The van der Waals surface area contributed by atoms with Crippen molar-refractivity contribution >= 4 is 21.4 Å². The van der Waals surface area contributed by atoms with E-state index in [4.69, 9.17) is 15.9 Å². The van der Waals surface area contributed by atoms with Gasteiger partial charge in [-0.25, -0.2) is 13.1 Å². The number of nitrogens with two attached hydrogens (primary N) is 1. The first kappa shape index (κ1) is 15.7. The highest BCUT2D eigenvalue weighted by molar-refractivity contribution is 7.89. The molecule has 0 saturated heterocycles. The quantitative estimate of drug-likeness (QED) is 0.477. The number of nitrogen functional groups attached to an aromatic ring is 1. The molecule has 0 aromatic heterocycles. The lowest BCUT2D eigenvalue weighted by Crippen LogP contribution is -2.30. The highest BCUT2D eigenvalue weighted by atomic mass is 32.2. The van der Waals surface area contributed by atoms with E-state index in [1.165, 1.54) is 25.2 Å². The molecule has 5 N–H and O–H groups in total. The molecule has 8 heteroatoms. The maximum atomic E-state index is 11.7. The first-order chi connectivity index (χ1) is 8.96. The third-order valence-electron chi connectivity index (χ3n) is 2.66. The monoisotopic (exact) mass is 289 g/mol. The normalized spacial score (nSPS) is 11.5. The Labute approximate surface area is 112 Å². The molecule has 0 unspecified atom stereocenters. The molecule has 0 aliphatic heterocycles. The molecule has 0 radical (unpaired) electrons. The van der Waals surface area contributed by atoms with Crippen LogP contribution in [0.25, 0.3) is 0 Å². The molecule has 0 saturated carbocycles. The molecule has 108 valence electrons. The van der Waals surface area contributed by atoms with Crippen LogP contribution < -0.4 is 15.4 Å². The van der Waals surface area contributed by atoms with Crippen molar-refractivity contribution in [1.29, 1.82) is 0 Å². The fourth-order valence-corrected chi connectivity index (χ4v) is 2.43. The van der Waals surface area contributed by atoms with Gasteiger partial charge in [0.2, 0.25) is 10.0 Å². The van der Waals surface area contributed by atoms with Crippen LogP contribution in [-0.2, 0) is 10.0 Å². The maximum Gasteiger partial charge on any atom is 0.240 e. The Kier molecular flexibility index (Phi) is 5.55. The number of aliphatic hydroxyl groups excluding tert-OH is 2. The van der Waals surface area contributed by atoms with Gasteiger partial charge in [0.1, 0.15) is 0 Å². The van der Waals surface area contributed by atoms with Gasteiger partial charge >= 0.3 is 0 Å². The lowest BCUT2D eigenvalue weighted by Gasteiger charge is -2.25. The van der Waals surface area contributed by atoms with E-state index in [-0.39, 0.29) is 31.2 Å². The number of hydrogen-bond donors (Lipinski definition) is 4. The Bertz CT molecular complexity index is 513. The van der Waals surface area contributed by atoms with Crippen molar-refractivity contribution < 1.29 is 18.6 Å². The van der Waals surface area contributed by atoms with E-state index in [1.54, 1.807) is 4.90 Å². The number of anilines is 2. The summed E-state index contributed by atoms with van der Waals surface area (Å²) < 4.78 is 25.7. The predicted octanol–water partition coefficient (Wildman–Crippen LogP) is -1.03. The SMILES string of the molecule is CNS(=O)(=O)c1ccc(N)c(N(CCO)CCO)c1. The third kappa shape index (κ3) is 3.80. The molecule has 1 rings (SSSR count). The summed E-state index contributed by atoms with van der Waals surface area (Å²) in [5.74, 6) is 0. The minimum absolute atomic E-state index is 0.0834. The van der Waals surface area contributed by atoms with Gasteiger partial charge in [-0.3, -0.25) is 0 Å². The van der Waals surface area contributed by atoms with Gasteiger partial charge < -0.3 is 20.8 Å². The topological polar surface area (TPSA) is 116 Å². The van der Waals surface area contributed by atoms with Gasteiger partial charge in [-0.15, -0.1) is 0 Å². The van der Waals surface area contributed by atoms with Crippen LogP contribution in [-0.4, -0.2) is 52.0 Å². The highest BCUT2D eigenvalue weighted by Crippen LogP contribution is 2.26. The number of nitrogens with zero attached hydrogens (tertiary/aromatic N) is 1. The number of aliphatic hydroxyl groups is 2. The number of hydrogen-bond acceptors (Lipinski definition) is 6. The van der Waals surface area contributed by atoms with Crippen LogP contribution in [0.2, 0.25) is 0 Å². The van der Waals surface area contributed by atoms with Crippen LogP contribution in [0.4, 0.5) is 11.4 Å². The number of rotatable bonds is 7. The van der Waals surface area contributed by atoms with Crippen molar-refractivity contribution in [2.45, 2.75) is 4.90 Å². The molecular formula is C11H19N3O4S. The average molecular weight is 289 g/mol. The summed E-state index contributed by atoms with van der Waals surface area (Å²) >= 11 is 0. The van der Waals surface area contributed by atoms with Crippen molar-refractivity contribution in [3.63, 3.8) is 0 Å². The van der Waals surface area contributed by atoms with Gasteiger partial charge in [0.25, 0.3) is 0 Å². The molecule has 0 aliphatic rings. The highest BCUT2D eigenvalue weighted by Gasteiger charge is 2.16. The summed E-state index contributed by atoms with van der Waals surface area (Å²) in [6.45, 7) is 0.270. The Morgan fingerprint density at radius 1 is 1.26 bits per heavy atom. The van der Waals surface area contributed by atoms with Gasteiger partial charge in [-0.1, -0.05) is 0 Å². The molecule has 7 nitrogen and oxygen atoms in total. The summed E-state index contributed by atoms with van der Waals surface area (Å²) in [5, 5.41) is 18.0. The van der Waals surface area contributed by atoms with E-state index in [0.717, 1.165) is 0 Å². The molecular weight excluding hydrogens is 270 g/mol. The lowest BCUT2D eigenvalue weighted by molar-refractivity contribution is 0.281. The lowest BCUT2D eigenvalue weighted by atomic mass is 10.2. The molecule has 0 aliphatic carbocycles. The van der Waals surface area contributed by atoms with E-state index in [1.807, 2.05) is 0 Å². The zero-order chi connectivity index (χ0) is 14.5. The van der Waals surface area contributed by atoms with E-state index in [2.05, 4.69) is 4.72 Å². The van der Waals surface area contributed by atoms with Crippen LogP contribution in [0.5, 0.6) is 0 Å². The van der Waals surface area contributed by atoms with Crippen LogP contribution in [0, 0.1) is 0 Å². The summed E-state index contributed by atoms with van der Waals surface area (Å²) in [5.41, 5.74) is 6.67. The van der Waals surface area contributed by atoms with Crippen molar-refractivity contribution in [2.75, 3.05) is 44.0 Å². The minimum atomic E-state index is -3.56. The smallest absolute Gasteiger partial charge is 0.240 e. The van der Waals surface area contributed by atoms with E-state index < -0.39 is 10.0 Å². The van der Waals surface area contributed by atoms with Crippen molar-refractivity contribution in [3.8, 4) is 0 Å². The minimum Gasteiger partial charge on any atom is -0.397 e. The van der Waals surface area contributed by atoms with E-state index in [9.17, 15) is 8.42 Å². The van der Waals surface area contributed by atoms with Gasteiger partial charge in [0.05, 0.1) is 29.5 Å². The first-order valence-corrected chi connectivity index (χ1v) is 7.24. The summed E-state index contributed by atoms with van der Waals surface area (Å²) in [7, 11) is -2.23. The third-order valence-corrected chi connectivity index (χ3v) is 4.07. The van der Waals surface area contributed by atoms with E-state index >= 15 is 0 Å². The Morgan fingerprint density at radius 2 is 1.84 bits per heavy atom. The average Bonchev–Trinajstić information content (AvgIpc) is 2.39. The first-order valence-electron chi connectivity index (χ1n) is 5.76. The standard InChI is InChI=1S/C11H19N3O4S/c1-13-19(17,18)9-2-3-10(12)11(8-9)14(4-6-15)5-7-16/h2-3,8,13,15-16H,4-7,12H2,1H3. The molecule has 1 aromatic rings. The summed E-state index contributed by atoms with van der Waals surface area (Å²) in [6, 6.07) is 4.31. The molecule has 0 atom stereocenters. The number of benzene rings is 1. The van der Waals surface area contributed by atoms with Crippen LogP contribution in [0.15, 0.2) is 23.1 Å². The second-order valence-electron chi connectivity index (χ2n) is 3.86. The van der Waals surface area contributed by atoms with Gasteiger partial charge in [-0.2, -0.15) is 0 Å². The van der Waals surface area contributed by atoms with Gasteiger partial charge in [0.15, 0.2) is 0 Å². The Hall–Kier alpha value is -1.35. The maximum absolute atomic E-state index is 11.7. The van der Waals surface area contributed by atoms with Crippen molar-refractivity contribution in [1.82, 2.24) is 4.72 Å². The Balaban J connectivity index is 3.22.